The number of amides is 1. The topological polar surface area (TPSA) is 66.5 Å². The van der Waals surface area contributed by atoms with Crippen molar-refractivity contribution in [3.63, 3.8) is 0 Å². The third kappa shape index (κ3) is 6.12. The Bertz CT molecular complexity index is 773. The van der Waals surface area contributed by atoms with Crippen LogP contribution in [0.15, 0.2) is 24.3 Å². The predicted octanol–water partition coefficient (Wildman–Crippen LogP) is 4.09. The van der Waals surface area contributed by atoms with Crippen LogP contribution in [0.4, 0.5) is 18.9 Å². The number of nitrogens with one attached hydrogen (secondary N) is 1. The first kappa shape index (κ1) is 22.5. The van der Waals surface area contributed by atoms with Gasteiger partial charge in [0.05, 0.1) is 17.5 Å². The van der Waals surface area contributed by atoms with E-state index in [-0.39, 0.29) is 11.7 Å². The molecule has 0 aliphatic heterocycles. The largest absolute Gasteiger partial charge is 0.416 e. The first-order chi connectivity index (χ1) is 13.0. The van der Waals surface area contributed by atoms with Crippen LogP contribution in [0.5, 0.6) is 0 Å². The van der Waals surface area contributed by atoms with Crippen LogP contribution in [0.3, 0.4) is 0 Å². The number of halogens is 3. The van der Waals surface area contributed by atoms with Crippen LogP contribution < -0.4 is 9.62 Å². The van der Waals surface area contributed by atoms with E-state index in [9.17, 15) is 26.4 Å². The van der Waals surface area contributed by atoms with Gasteiger partial charge in [-0.1, -0.05) is 38.2 Å². The molecule has 0 saturated heterocycles. The van der Waals surface area contributed by atoms with Crippen molar-refractivity contribution < 1.29 is 26.4 Å². The zero-order valence-electron chi connectivity index (χ0n) is 16.1. The fourth-order valence-corrected chi connectivity index (χ4v) is 4.72. The minimum Gasteiger partial charge on any atom is -0.352 e. The molecule has 1 aromatic carbocycles. The molecule has 0 spiro atoms. The molecule has 9 heteroatoms. The highest BCUT2D eigenvalue weighted by Gasteiger charge is 2.34. The van der Waals surface area contributed by atoms with E-state index in [1.807, 2.05) is 0 Å². The van der Waals surface area contributed by atoms with E-state index in [1.165, 1.54) is 19.4 Å². The molecule has 1 atom stereocenters. The number of rotatable bonds is 5. The molecule has 28 heavy (non-hydrogen) atoms. The van der Waals surface area contributed by atoms with Gasteiger partial charge in [-0.25, -0.2) is 8.42 Å². The number of sulfonamides is 1. The number of hydrogen-bond donors (Lipinski definition) is 1. The molecule has 0 heterocycles. The molecule has 0 unspecified atom stereocenters. The molecule has 0 bridgehead atoms. The molecule has 1 saturated carbocycles. The maximum Gasteiger partial charge on any atom is 0.416 e. The Kier molecular flexibility index (Phi) is 7.36. The molecule has 1 aliphatic carbocycles. The van der Waals surface area contributed by atoms with Gasteiger partial charge in [0.25, 0.3) is 0 Å². The van der Waals surface area contributed by atoms with Gasteiger partial charge >= 0.3 is 6.18 Å². The van der Waals surface area contributed by atoms with E-state index in [4.69, 9.17) is 0 Å². The second kappa shape index (κ2) is 9.15. The summed E-state index contributed by atoms with van der Waals surface area (Å²) in [6, 6.07) is 2.80. The lowest BCUT2D eigenvalue weighted by Gasteiger charge is -2.30. The monoisotopic (exact) mass is 420 g/mol. The third-order valence-electron chi connectivity index (χ3n) is 4.97. The highest BCUT2D eigenvalue weighted by Crippen LogP contribution is 2.33. The number of anilines is 1. The Labute approximate surface area is 164 Å². The van der Waals surface area contributed by atoms with Gasteiger partial charge in [0.15, 0.2) is 0 Å². The van der Waals surface area contributed by atoms with Gasteiger partial charge in [-0.3, -0.25) is 9.10 Å². The molecule has 1 N–H and O–H groups in total. The second-order valence-corrected chi connectivity index (χ2v) is 9.19. The average molecular weight is 420 g/mol. The van der Waals surface area contributed by atoms with Crippen LogP contribution in [-0.4, -0.2) is 32.7 Å². The number of nitrogens with zero attached hydrogens (tertiary/aromatic N) is 1. The summed E-state index contributed by atoms with van der Waals surface area (Å²) in [4.78, 5) is 12.7. The summed E-state index contributed by atoms with van der Waals surface area (Å²) < 4.78 is 64.4. The Morgan fingerprint density at radius 2 is 1.71 bits per heavy atom. The Morgan fingerprint density at radius 1 is 1.14 bits per heavy atom. The minimum absolute atomic E-state index is 0.0434. The maximum atomic E-state index is 13.0. The summed E-state index contributed by atoms with van der Waals surface area (Å²) in [5.41, 5.74) is -1.15. The van der Waals surface area contributed by atoms with Crippen LogP contribution in [0, 0.1) is 0 Å². The molecule has 0 aromatic heterocycles. The van der Waals surface area contributed by atoms with Crippen LogP contribution in [0.25, 0.3) is 0 Å². The van der Waals surface area contributed by atoms with Gasteiger partial charge in [0.2, 0.25) is 15.9 Å². The number of alkyl halides is 3. The van der Waals surface area contributed by atoms with Gasteiger partial charge in [0.1, 0.15) is 6.04 Å². The lowest BCUT2D eigenvalue weighted by Crippen LogP contribution is -2.50. The second-order valence-electron chi connectivity index (χ2n) is 7.33. The summed E-state index contributed by atoms with van der Waals surface area (Å²) in [5, 5.41) is 2.89. The lowest BCUT2D eigenvalue weighted by molar-refractivity contribution is -0.137. The summed E-state index contributed by atoms with van der Waals surface area (Å²) in [5.74, 6) is -0.506. The minimum atomic E-state index is -4.61. The van der Waals surface area contributed by atoms with Crippen molar-refractivity contribution in [2.75, 3.05) is 10.6 Å². The van der Waals surface area contributed by atoms with Gasteiger partial charge in [0, 0.05) is 6.04 Å². The quantitative estimate of drug-likeness (QED) is 0.780. The Morgan fingerprint density at radius 3 is 2.25 bits per heavy atom. The Balaban J connectivity index is 2.24. The van der Waals surface area contributed by atoms with Crippen LogP contribution in [-0.2, 0) is 21.0 Å². The van der Waals surface area contributed by atoms with E-state index in [0.29, 0.717) is 0 Å². The summed E-state index contributed by atoms with van der Waals surface area (Å²) >= 11 is 0. The molecular weight excluding hydrogens is 393 g/mol. The lowest BCUT2D eigenvalue weighted by atomic mass is 9.96. The summed E-state index contributed by atoms with van der Waals surface area (Å²) in [6.45, 7) is 1.39. The third-order valence-corrected chi connectivity index (χ3v) is 6.21. The zero-order valence-corrected chi connectivity index (χ0v) is 16.9. The summed E-state index contributed by atoms with van der Waals surface area (Å²) in [7, 11) is -3.97. The normalized spacial score (nSPS) is 18.0. The van der Waals surface area contributed by atoms with Crippen molar-refractivity contribution >= 4 is 21.6 Å². The molecular formula is C19H27F3N2O3S. The highest BCUT2D eigenvalue weighted by atomic mass is 32.2. The van der Waals surface area contributed by atoms with Crippen molar-refractivity contribution in [2.45, 2.75) is 70.1 Å². The number of hydrogen-bond acceptors (Lipinski definition) is 3. The first-order valence-electron chi connectivity index (χ1n) is 9.47. The van der Waals surface area contributed by atoms with E-state index in [0.717, 1.165) is 67.3 Å². The predicted molar refractivity (Wildman–Crippen MR) is 102 cm³/mol. The Hall–Kier alpha value is -1.77. The number of carbonyl (C=O) groups excluding carboxylic acids is 1. The van der Waals surface area contributed by atoms with Crippen molar-refractivity contribution in [1.82, 2.24) is 5.32 Å². The van der Waals surface area contributed by atoms with E-state index < -0.39 is 33.7 Å². The van der Waals surface area contributed by atoms with Gasteiger partial charge in [-0.05, 0) is 38.0 Å². The molecule has 0 radical (unpaired) electrons. The van der Waals surface area contributed by atoms with Crippen LogP contribution >= 0.6 is 0 Å². The zero-order chi connectivity index (χ0) is 20.9. The maximum absolute atomic E-state index is 13.0. The molecule has 1 aliphatic rings. The first-order valence-corrected chi connectivity index (χ1v) is 11.3. The molecule has 1 amide bonds. The van der Waals surface area contributed by atoms with Crippen LogP contribution in [0.2, 0.25) is 0 Å². The van der Waals surface area contributed by atoms with Crippen LogP contribution in [0.1, 0.15) is 57.4 Å². The fourth-order valence-electron chi connectivity index (χ4n) is 3.55. The molecule has 2 rings (SSSR count). The summed E-state index contributed by atoms with van der Waals surface area (Å²) in [6.07, 6.45) is 3.27. The fraction of sp³-hybridized carbons (Fsp3) is 0.632. The average Bonchev–Trinajstić information content (AvgIpc) is 2.55. The van der Waals surface area contributed by atoms with Crippen molar-refractivity contribution in [3.05, 3.63) is 29.8 Å². The van der Waals surface area contributed by atoms with Gasteiger partial charge in [-0.15, -0.1) is 0 Å². The number of carbonyl (C=O) groups is 1. The number of benzene rings is 1. The van der Waals surface area contributed by atoms with Crippen molar-refractivity contribution in [1.29, 1.82) is 0 Å². The smallest absolute Gasteiger partial charge is 0.352 e. The standard InChI is InChI=1S/C19H27F3N2O3S/c1-14(18(25)23-16-10-6-4-3-5-7-11-16)24(28(2,26)27)17-12-8-9-15(13-17)19(20,21)22/h8-9,12-14,16H,3-7,10-11H2,1-2H3,(H,23,25)/t14-/m0/s1. The molecule has 1 fully saturated rings. The van der Waals surface area contributed by atoms with Gasteiger partial charge < -0.3 is 5.32 Å². The SMILES string of the molecule is C[C@@H](C(=O)NC1CCCCCCC1)N(c1cccc(C(F)(F)F)c1)S(C)(=O)=O. The molecule has 158 valence electrons. The van der Waals surface area contributed by atoms with Crippen molar-refractivity contribution in [2.24, 2.45) is 0 Å². The highest BCUT2D eigenvalue weighted by molar-refractivity contribution is 7.92. The molecule has 1 aromatic rings. The van der Waals surface area contributed by atoms with E-state index in [1.54, 1.807) is 0 Å². The molecule has 5 nitrogen and oxygen atoms in total. The van der Waals surface area contributed by atoms with E-state index >= 15 is 0 Å². The van der Waals surface area contributed by atoms with Crippen molar-refractivity contribution in [3.8, 4) is 0 Å². The van der Waals surface area contributed by atoms with Gasteiger partial charge in [-0.2, -0.15) is 13.2 Å². The van der Waals surface area contributed by atoms with E-state index in [2.05, 4.69) is 5.32 Å².